The van der Waals surface area contributed by atoms with Crippen molar-refractivity contribution >= 4 is 5.91 Å². The fraction of sp³-hybridized carbons (Fsp3) is 0.400. The summed E-state index contributed by atoms with van der Waals surface area (Å²) in [7, 11) is 0. The molecule has 5 heteroatoms. The van der Waals surface area contributed by atoms with Crippen molar-refractivity contribution in [1.82, 2.24) is 14.8 Å². The third-order valence-corrected chi connectivity index (χ3v) is 4.76. The lowest BCUT2D eigenvalue weighted by atomic mass is 10.1. The number of para-hydroxylation sites is 1. The van der Waals surface area contributed by atoms with Gasteiger partial charge >= 0.3 is 0 Å². The molecular weight excluding hydrogens is 314 g/mol. The van der Waals surface area contributed by atoms with Crippen LogP contribution in [0.3, 0.4) is 0 Å². The van der Waals surface area contributed by atoms with Gasteiger partial charge < -0.3 is 9.64 Å². The number of nitrogens with zero attached hydrogens (tertiary/aromatic N) is 3. The molecular formula is C20H25N3O2. The molecule has 132 valence electrons. The van der Waals surface area contributed by atoms with Gasteiger partial charge in [0.25, 0.3) is 5.91 Å². The number of piperazine rings is 1. The molecule has 0 aliphatic carbocycles. The largest absolute Gasteiger partial charge is 0.493 e. The normalized spacial score (nSPS) is 16.5. The fourth-order valence-corrected chi connectivity index (χ4v) is 3.26. The number of carbonyl (C=O) groups is 1. The Morgan fingerprint density at radius 2 is 1.80 bits per heavy atom. The van der Waals surface area contributed by atoms with E-state index in [9.17, 15) is 4.79 Å². The molecule has 0 unspecified atom stereocenters. The number of hydrogen-bond acceptors (Lipinski definition) is 4. The van der Waals surface area contributed by atoms with Gasteiger partial charge in [0.15, 0.2) is 0 Å². The zero-order chi connectivity index (χ0) is 17.6. The van der Waals surface area contributed by atoms with Crippen molar-refractivity contribution in [3.63, 3.8) is 0 Å². The Morgan fingerprint density at radius 3 is 2.48 bits per heavy atom. The number of ether oxygens (including phenoxy) is 1. The number of aromatic nitrogens is 1. The molecule has 5 nitrogen and oxygen atoms in total. The number of benzene rings is 1. The number of carbonyl (C=O) groups excluding carboxylic acids is 1. The second kappa shape index (κ2) is 8.12. The lowest BCUT2D eigenvalue weighted by Crippen LogP contribution is -2.49. The first-order valence-corrected chi connectivity index (χ1v) is 8.85. The molecule has 1 aliphatic rings. The average molecular weight is 339 g/mol. The predicted octanol–water partition coefficient (Wildman–Crippen LogP) is 3.00. The van der Waals surface area contributed by atoms with E-state index in [1.807, 2.05) is 48.5 Å². The second-order valence-corrected chi connectivity index (χ2v) is 6.21. The minimum absolute atomic E-state index is 0.0558. The van der Waals surface area contributed by atoms with Crippen molar-refractivity contribution < 1.29 is 9.53 Å². The maximum atomic E-state index is 12.9. The highest BCUT2D eigenvalue weighted by atomic mass is 16.5. The molecule has 1 aromatic heterocycles. The van der Waals surface area contributed by atoms with Crippen LogP contribution in [0.4, 0.5) is 0 Å². The summed E-state index contributed by atoms with van der Waals surface area (Å²) in [5, 5.41) is 0. The van der Waals surface area contributed by atoms with Gasteiger partial charge in [-0.05, 0) is 43.7 Å². The molecule has 0 radical (unpaired) electrons. The predicted molar refractivity (Wildman–Crippen MR) is 97.7 cm³/mol. The van der Waals surface area contributed by atoms with Gasteiger partial charge in [-0.15, -0.1) is 0 Å². The first-order valence-electron chi connectivity index (χ1n) is 8.85. The van der Waals surface area contributed by atoms with Crippen LogP contribution in [-0.4, -0.2) is 53.5 Å². The highest BCUT2D eigenvalue weighted by Crippen LogP contribution is 2.24. The molecule has 2 heterocycles. The van der Waals surface area contributed by atoms with Gasteiger partial charge in [-0.1, -0.05) is 12.1 Å². The van der Waals surface area contributed by atoms with E-state index < -0.39 is 0 Å². The Kier molecular flexibility index (Phi) is 5.66. The number of hydrogen-bond donors (Lipinski definition) is 0. The van der Waals surface area contributed by atoms with Crippen LogP contribution >= 0.6 is 0 Å². The van der Waals surface area contributed by atoms with Crippen molar-refractivity contribution in [1.29, 1.82) is 0 Å². The van der Waals surface area contributed by atoms with Crippen LogP contribution in [0.1, 0.15) is 35.8 Å². The van der Waals surface area contributed by atoms with Gasteiger partial charge in [0.1, 0.15) is 5.75 Å². The Labute approximate surface area is 149 Å². The molecule has 1 saturated heterocycles. The van der Waals surface area contributed by atoms with Crippen molar-refractivity contribution in [3.05, 3.63) is 59.9 Å². The van der Waals surface area contributed by atoms with E-state index >= 15 is 0 Å². The van der Waals surface area contributed by atoms with E-state index in [1.165, 1.54) is 5.56 Å². The SMILES string of the molecule is CCOc1ccccc1C(=O)N1CCN([C@H](C)c2ccncc2)CC1. The molecule has 1 aromatic carbocycles. The molecule has 0 spiro atoms. The molecule has 1 amide bonds. The molecule has 0 saturated carbocycles. The fourth-order valence-electron chi connectivity index (χ4n) is 3.26. The second-order valence-electron chi connectivity index (χ2n) is 6.21. The quantitative estimate of drug-likeness (QED) is 0.840. The Morgan fingerprint density at radius 1 is 1.12 bits per heavy atom. The third-order valence-electron chi connectivity index (χ3n) is 4.76. The Bertz CT molecular complexity index is 697. The van der Waals surface area contributed by atoms with Gasteiger partial charge in [0.05, 0.1) is 12.2 Å². The summed E-state index contributed by atoms with van der Waals surface area (Å²) in [6.07, 6.45) is 3.66. The maximum absolute atomic E-state index is 12.9. The zero-order valence-electron chi connectivity index (χ0n) is 14.9. The van der Waals surface area contributed by atoms with Crippen LogP contribution in [0.2, 0.25) is 0 Å². The first kappa shape index (κ1) is 17.4. The van der Waals surface area contributed by atoms with Crippen molar-refractivity contribution in [2.75, 3.05) is 32.8 Å². The Balaban J connectivity index is 1.63. The van der Waals surface area contributed by atoms with Crippen LogP contribution < -0.4 is 4.74 Å². The molecule has 0 N–H and O–H groups in total. The molecule has 3 rings (SSSR count). The summed E-state index contributed by atoms with van der Waals surface area (Å²) >= 11 is 0. The van der Waals surface area contributed by atoms with E-state index in [4.69, 9.17) is 4.74 Å². The van der Waals surface area contributed by atoms with E-state index in [0.717, 1.165) is 26.2 Å². The Hall–Kier alpha value is -2.40. The van der Waals surface area contributed by atoms with Gasteiger partial charge in [0, 0.05) is 44.6 Å². The smallest absolute Gasteiger partial charge is 0.257 e. The summed E-state index contributed by atoms with van der Waals surface area (Å²) < 4.78 is 5.60. The van der Waals surface area contributed by atoms with Gasteiger partial charge in [-0.25, -0.2) is 0 Å². The van der Waals surface area contributed by atoms with E-state index in [1.54, 1.807) is 0 Å². The summed E-state index contributed by atoms with van der Waals surface area (Å²) in [6, 6.07) is 11.9. The summed E-state index contributed by atoms with van der Waals surface area (Å²) in [5.74, 6) is 0.725. The van der Waals surface area contributed by atoms with Crippen LogP contribution in [0.5, 0.6) is 5.75 Å². The van der Waals surface area contributed by atoms with Crippen LogP contribution in [0, 0.1) is 0 Å². The summed E-state index contributed by atoms with van der Waals surface area (Å²) in [6.45, 7) is 7.89. The number of rotatable bonds is 5. The van der Waals surface area contributed by atoms with E-state index in [-0.39, 0.29) is 5.91 Å². The van der Waals surface area contributed by atoms with Gasteiger partial charge in [-0.3, -0.25) is 14.7 Å². The molecule has 1 atom stereocenters. The molecule has 1 fully saturated rings. The first-order chi connectivity index (χ1) is 12.2. The van der Waals surface area contributed by atoms with Crippen molar-refractivity contribution in [3.8, 4) is 5.75 Å². The highest BCUT2D eigenvalue weighted by molar-refractivity contribution is 5.97. The molecule has 1 aliphatic heterocycles. The lowest BCUT2D eigenvalue weighted by molar-refractivity contribution is 0.0578. The van der Waals surface area contributed by atoms with E-state index in [2.05, 4.69) is 28.9 Å². The average Bonchev–Trinajstić information content (AvgIpc) is 2.68. The van der Waals surface area contributed by atoms with E-state index in [0.29, 0.717) is 24.0 Å². The molecule has 25 heavy (non-hydrogen) atoms. The van der Waals surface area contributed by atoms with Crippen molar-refractivity contribution in [2.45, 2.75) is 19.9 Å². The number of amides is 1. The standard InChI is InChI=1S/C20H25N3O2/c1-3-25-19-7-5-4-6-18(19)20(24)23-14-12-22(13-15-23)16(2)17-8-10-21-11-9-17/h4-11,16H,3,12-15H2,1-2H3/t16-/m1/s1. The third kappa shape index (κ3) is 3.99. The molecule has 2 aromatic rings. The minimum atomic E-state index is 0.0558. The zero-order valence-corrected chi connectivity index (χ0v) is 14.9. The summed E-state index contributed by atoms with van der Waals surface area (Å²) in [4.78, 5) is 21.3. The maximum Gasteiger partial charge on any atom is 0.257 e. The topological polar surface area (TPSA) is 45.7 Å². The summed E-state index contributed by atoms with van der Waals surface area (Å²) in [5.41, 5.74) is 1.91. The van der Waals surface area contributed by atoms with Crippen LogP contribution in [-0.2, 0) is 0 Å². The molecule has 0 bridgehead atoms. The van der Waals surface area contributed by atoms with Crippen LogP contribution in [0.25, 0.3) is 0 Å². The van der Waals surface area contributed by atoms with Crippen LogP contribution in [0.15, 0.2) is 48.8 Å². The highest BCUT2D eigenvalue weighted by Gasteiger charge is 2.26. The van der Waals surface area contributed by atoms with Crippen molar-refractivity contribution in [2.24, 2.45) is 0 Å². The minimum Gasteiger partial charge on any atom is -0.493 e. The lowest BCUT2D eigenvalue weighted by Gasteiger charge is -2.38. The van der Waals surface area contributed by atoms with Gasteiger partial charge in [0.2, 0.25) is 0 Å². The number of pyridine rings is 1. The van der Waals surface area contributed by atoms with Gasteiger partial charge in [-0.2, -0.15) is 0 Å². The monoisotopic (exact) mass is 339 g/mol.